The molecule has 9 nitrogen and oxygen atoms in total. The van der Waals surface area contributed by atoms with Crippen LogP contribution < -0.4 is 5.76 Å². The predicted octanol–water partition coefficient (Wildman–Crippen LogP) is 1.87. The van der Waals surface area contributed by atoms with Crippen LogP contribution in [0.15, 0.2) is 67.2 Å². The quantitative estimate of drug-likeness (QED) is 0.473. The van der Waals surface area contributed by atoms with Gasteiger partial charge in [0.15, 0.2) is 11.4 Å². The molecule has 2 heterocycles. The highest BCUT2D eigenvalue weighted by molar-refractivity contribution is 7.89. The Kier molecular flexibility index (Phi) is 4.81. The number of benzene rings is 2. The number of nitrogens with zero attached hydrogens (tertiary/aromatic N) is 4. The molecule has 4 rings (SSSR count). The number of sulfonamides is 1. The van der Waals surface area contributed by atoms with Gasteiger partial charge in [-0.25, -0.2) is 17.5 Å². The van der Waals surface area contributed by atoms with E-state index in [-0.39, 0.29) is 22.9 Å². The smallest absolute Gasteiger partial charge is 0.408 e. The van der Waals surface area contributed by atoms with Crippen molar-refractivity contribution in [2.45, 2.75) is 17.9 Å². The molecule has 0 radical (unpaired) electrons. The second-order valence-corrected chi connectivity index (χ2v) is 8.79. The fourth-order valence-electron chi connectivity index (χ4n) is 2.91. The summed E-state index contributed by atoms with van der Waals surface area (Å²) in [6, 6.07) is 14.0. The summed E-state index contributed by atoms with van der Waals surface area (Å²) in [5.41, 5.74) is 1.65. The van der Waals surface area contributed by atoms with Crippen LogP contribution in [0.5, 0.6) is 0 Å². The van der Waals surface area contributed by atoms with Crippen LogP contribution in [0.3, 0.4) is 0 Å². The molecule has 150 valence electrons. The van der Waals surface area contributed by atoms with Crippen LogP contribution in [-0.2, 0) is 23.0 Å². The average Bonchev–Trinajstić information content (AvgIpc) is 3.26. The summed E-state index contributed by atoms with van der Waals surface area (Å²) in [5.74, 6) is 0.124. The lowest BCUT2D eigenvalue weighted by molar-refractivity contribution is 0.362. The molecule has 0 aliphatic carbocycles. The van der Waals surface area contributed by atoms with Crippen molar-refractivity contribution >= 4 is 21.1 Å². The Labute approximate surface area is 166 Å². The largest absolute Gasteiger partial charge is 0.420 e. The second-order valence-electron chi connectivity index (χ2n) is 6.64. The summed E-state index contributed by atoms with van der Waals surface area (Å²) in [4.78, 5) is 16.6. The zero-order valence-corrected chi connectivity index (χ0v) is 16.6. The topological polar surface area (TPSA) is 111 Å². The zero-order chi connectivity index (χ0) is 20.6. The Morgan fingerprint density at radius 1 is 1.10 bits per heavy atom. The normalized spacial score (nSPS) is 12.1. The van der Waals surface area contributed by atoms with Crippen molar-refractivity contribution in [3.63, 3.8) is 0 Å². The summed E-state index contributed by atoms with van der Waals surface area (Å²) in [6.07, 6.45) is 0.511. The molecular weight excluding hydrogens is 396 g/mol. The molecule has 0 spiro atoms. The monoisotopic (exact) mass is 414 g/mol. The molecule has 0 aliphatic heterocycles. The van der Waals surface area contributed by atoms with Crippen molar-refractivity contribution in [1.82, 2.24) is 19.0 Å². The molecule has 29 heavy (non-hydrogen) atoms. The van der Waals surface area contributed by atoms with Gasteiger partial charge in [0.05, 0.1) is 10.4 Å². The van der Waals surface area contributed by atoms with Crippen LogP contribution in [0, 0.1) is 0 Å². The van der Waals surface area contributed by atoms with Crippen molar-refractivity contribution in [3.05, 3.63) is 76.4 Å². The number of fused-ring (bicyclic) bond motifs is 1. The summed E-state index contributed by atoms with van der Waals surface area (Å²) < 4.78 is 37.5. The molecule has 0 aliphatic rings. The maximum Gasteiger partial charge on any atom is 0.420 e. The first-order valence-corrected chi connectivity index (χ1v) is 10.2. The maximum atomic E-state index is 12.3. The summed E-state index contributed by atoms with van der Waals surface area (Å²) in [5, 5.41) is 3.95. The van der Waals surface area contributed by atoms with E-state index in [1.807, 2.05) is 30.3 Å². The highest BCUT2D eigenvalue weighted by Gasteiger charge is 2.20. The van der Waals surface area contributed by atoms with Gasteiger partial charge in [-0.05, 0) is 17.7 Å². The standard InChI is InChI=1S/C19H18N4O5S/c1-22(2)29(25,26)14-8-9-15-16(11-14)27-19(24)23(15)12-18-20-17(21-28-18)10-13-6-4-3-5-7-13/h3-9,11H,10,12H2,1-2H3. The highest BCUT2D eigenvalue weighted by atomic mass is 32.2. The first-order chi connectivity index (χ1) is 13.8. The van der Waals surface area contributed by atoms with Gasteiger partial charge in [-0.1, -0.05) is 35.5 Å². The van der Waals surface area contributed by atoms with E-state index < -0.39 is 15.8 Å². The first kappa shape index (κ1) is 19.1. The van der Waals surface area contributed by atoms with E-state index in [9.17, 15) is 13.2 Å². The van der Waals surface area contributed by atoms with Crippen LogP contribution in [0.25, 0.3) is 11.1 Å². The number of aromatic nitrogens is 3. The Bertz CT molecular complexity index is 1320. The molecule has 2 aromatic carbocycles. The molecule has 10 heteroatoms. The van der Waals surface area contributed by atoms with Crippen molar-refractivity contribution in [2.75, 3.05) is 14.1 Å². The van der Waals surface area contributed by atoms with E-state index in [1.54, 1.807) is 0 Å². The lowest BCUT2D eigenvalue weighted by Crippen LogP contribution is -2.22. The van der Waals surface area contributed by atoms with E-state index in [0.29, 0.717) is 17.8 Å². The Morgan fingerprint density at radius 2 is 1.86 bits per heavy atom. The molecule has 0 unspecified atom stereocenters. The van der Waals surface area contributed by atoms with Gasteiger partial charge in [0.1, 0.15) is 6.54 Å². The average molecular weight is 414 g/mol. The maximum absolute atomic E-state index is 12.3. The third kappa shape index (κ3) is 3.71. The molecular formula is C19H18N4O5S. The predicted molar refractivity (Wildman–Crippen MR) is 104 cm³/mol. The lowest BCUT2D eigenvalue weighted by Gasteiger charge is -2.10. The number of hydrogen-bond donors (Lipinski definition) is 0. The van der Waals surface area contributed by atoms with Gasteiger partial charge in [0.25, 0.3) is 0 Å². The van der Waals surface area contributed by atoms with Crippen LogP contribution in [0.2, 0.25) is 0 Å². The fourth-order valence-corrected chi connectivity index (χ4v) is 3.83. The Balaban J connectivity index is 1.62. The molecule has 0 fully saturated rings. The third-order valence-electron chi connectivity index (χ3n) is 4.43. The SMILES string of the molecule is CN(C)S(=O)(=O)c1ccc2c(c1)oc(=O)n2Cc1nc(Cc2ccccc2)no1. The van der Waals surface area contributed by atoms with Gasteiger partial charge in [-0.15, -0.1) is 0 Å². The molecule has 0 bridgehead atoms. The van der Waals surface area contributed by atoms with Crippen molar-refractivity contribution in [1.29, 1.82) is 0 Å². The van der Waals surface area contributed by atoms with Gasteiger partial charge >= 0.3 is 5.76 Å². The van der Waals surface area contributed by atoms with Crippen LogP contribution in [-0.4, -0.2) is 41.5 Å². The van der Waals surface area contributed by atoms with E-state index in [0.717, 1.165) is 9.87 Å². The number of rotatable bonds is 6. The summed E-state index contributed by atoms with van der Waals surface area (Å²) in [6.45, 7) is 0.0212. The minimum Gasteiger partial charge on any atom is -0.408 e. The molecule has 4 aromatic rings. The minimum absolute atomic E-state index is 0.0212. The van der Waals surface area contributed by atoms with Crippen molar-refractivity contribution in [3.8, 4) is 0 Å². The van der Waals surface area contributed by atoms with E-state index >= 15 is 0 Å². The van der Waals surface area contributed by atoms with Crippen molar-refractivity contribution < 1.29 is 17.4 Å². The second kappa shape index (κ2) is 7.30. The van der Waals surface area contributed by atoms with Crippen LogP contribution >= 0.6 is 0 Å². The number of hydrogen-bond acceptors (Lipinski definition) is 7. The number of oxazole rings is 1. The van der Waals surface area contributed by atoms with E-state index in [4.69, 9.17) is 8.94 Å². The molecule has 0 saturated heterocycles. The molecule has 0 N–H and O–H groups in total. The third-order valence-corrected chi connectivity index (χ3v) is 6.24. The van der Waals surface area contributed by atoms with Gasteiger partial charge in [-0.2, -0.15) is 4.98 Å². The highest BCUT2D eigenvalue weighted by Crippen LogP contribution is 2.21. The van der Waals surface area contributed by atoms with E-state index in [2.05, 4.69) is 10.1 Å². The Hall–Kier alpha value is -3.24. The van der Waals surface area contributed by atoms with E-state index in [1.165, 1.54) is 36.9 Å². The van der Waals surface area contributed by atoms with Crippen LogP contribution in [0.4, 0.5) is 0 Å². The van der Waals surface area contributed by atoms with Gasteiger partial charge in [0.2, 0.25) is 15.9 Å². The zero-order valence-electron chi connectivity index (χ0n) is 15.8. The first-order valence-electron chi connectivity index (χ1n) is 8.76. The lowest BCUT2D eigenvalue weighted by atomic mass is 10.1. The van der Waals surface area contributed by atoms with Crippen LogP contribution in [0.1, 0.15) is 17.3 Å². The molecule has 0 saturated carbocycles. The van der Waals surface area contributed by atoms with Crippen molar-refractivity contribution in [2.24, 2.45) is 0 Å². The van der Waals surface area contributed by atoms with Gasteiger partial charge < -0.3 is 8.94 Å². The van der Waals surface area contributed by atoms with Gasteiger partial charge in [0, 0.05) is 26.6 Å². The molecule has 0 amide bonds. The van der Waals surface area contributed by atoms with Gasteiger partial charge in [-0.3, -0.25) is 4.57 Å². The fraction of sp³-hybridized carbons (Fsp3) is 0.211. The minimum atomic E-state index is -3.64. The Morgan fingerprint density at radius 3 is 2.59 bits per heavy atom. The molecule has 0 atom stereocenters. The molecule has 2 aromatic heterocycles. The summed E-state index contributed by atoms with van der Waals surface area (Å²) >= 11 is 0. The summed E-state index contributed by atoms with van der Waals surface area (Å²) in [7, 11) is -0.768.